The lowest BCUT2D eigenvalue weighted by atomic mass is 10.0. The molecular weight excluding hydrogens is 391 g/mol. The molecule has 0 amide bonds. The van der Waals surface area contributed by atoms with Gasteiger partial charge < -0.3 is 4.74 Å². The maximum Gasteiger partial charge on any atom is 0.170 e. The molecule has 0 N–H and O–H groups in total. The molecule has 0 aromatic heterocycles. The zero-order valence-electron chi connectivity index (χ0n) is 10.6. The Morgan fingerprint density at radius 2 is 1.95 bits per heavy atom. The molecule has 0 radical (unpaired) electrons. The summed E-state index contributed by atoms with van der Waals surface area (Å²) in [4.78, 5) is 12.1. The molecule has 0 aliphatic heterocycles. The molecule has 0 fully saturated rings. The minimum Gasteiger partial charge on any atom is -0.496 e. The van der Waals surface area contributed by atoms with Gasteiger partial charge in [0.25, 0.3) is 0 Å². The Bertz CT molecular complexity index is 656. The van der Waals surface area contributed by atoms with Gasteiger partial charge >= 0.3 is 0 Å². The van der Waals surface area contributed by atoms with E-state index in [1.807, 2.05) is 0 Å². The number of Topliss-reactive ketones (excluding diaryl/α,β-unsaturated/α-hetero) is 1. The Labute approximate surface area is 133 Å². The van der Waals surface area contributed by atoms with Gasteiger partial charge in [0.1, 0.15) is 11.6 Å². The van der Waals surface area contributed by atoms with Crippen LogP contribution in [0.2, 0.25) is 0 Å². The third-order valence-corrected chi connectivity index (χ3v) is 4.07. The monoisotopic (exact) mass is 400 g/mol. The van der Waals surface area contributed by atoms with Crippen LogP contribution in [0.5, 0.6) is 5.75 Å². The number of rotatable bonds is 4. The van der Waals surface area contributed by atoms with Gasteiger partial charge in [-0.1, -0.05) is 12.1 Å². The summed E-state index contributed by atoms with van der Waals surface area (Å²) in [5.41, 5.74) is 0.883. The molecule has 0 unspecified atom stereocenters. The Morgan fingerprint density at radius 1 is 1.20 bits per heavy atom. The zero-order chi connectivity index (χ0) is 14.7. The molecule has 2 aromatic rings. The van der Waals surface area contributed by atoms with Crippen molar-refractivity contribution in [2.75, 3.05) is 7.11 Å². The smallest absolute Gasteiger partial charge is 0.170 e. The standard InChI is InChI=1S/C15H11Br2FO2/c1-20-14-6-5-9(7-12(14)17)8-13(19)10-3-2-4-11(16)15(10)18/h2-7H,8H2,1H3. The summed E-state index contributed by atoms with van der Waals surface area (Å²) >= 11 is 6.44. The maximum absolute atomic E-state index is 13.9. The third-order valence-electron chi connectivity index (χ3n) is 2.83. The van der Waals surface area contributed by atoms with E-state index in [9.17, 15) is 9.18 Å². The fraction of sp³-hybridized carbons (Fsp3) is 0.133. The second-order valence-electron chi connectivity index (χ2n) is 4.17. The number of hydrogen-bond acceptors (Lipinski definition) is 2. The molecule has 104 valence electrons. The van der Waals surface area contributed by atoms with Crippen LogP contribution in [0, 0.1) is 5.82 Å². The average molecular weight is 402 g/mol. The highest BCUT2D eigenvalue weighted by molar-refractivity contribution is 9.10. The lowest BCUT2D eigenvalue weighted by Crippen LogP contribution is -2.06. The van der Waals surface area contributed by atoms with E-state index in [4.69, 9.17) is 4.74 Å². The predicted molar refractivity (Wildman–Crippen MR) is 82.8 cm³/mol. The van der Waals surface area contributed by atoms with E-state index in [2.05, 4.69) is 31.9 Å². The topological polar surface area (TPSA) is 26.3 Å². The molecular formula is C15H11Br2FO2. The molecule has 0 saturated heterocycles. The Balaban J connectivity index is 2.24. The van der Waals surface area contributed by atoms with Gasteiger partial charge in [0.2, 0.25) is 0 Å². The predicted octanol–water partition coefficient (Wildman–Crippen LogP) is 4.78. The van der Waals surface area contributed by atoms with Crippen molar-refractivity contribution in [2.24, 2.45) is 0 Å². The summed E-state index contributed by atoms with van der Waals surface area (Å²) in [5, 5.41) is 0. The number of methoxy groups -OCH3 is 1. The summed E-state index contributed by atoms with van der Waals surface area (Å²) in [6.45, 7) is 0. The van der Waals surface area contributed by atoms with Crippen LogP contribution in [0.4, 0.5) is 4.39 Å². The van der Waals surface area contributed by atoms with Gasteiger partial charge in [0.15, 0.2) is 5.78 Å². The van der Waals surface area contributed by atoms with Crippen molar-refractivity contribution in [3.63, 3.8) is 0 Å². The molecule has 0 aliphatic rings. The Hall–Kier alpha value is -1.20. The molecule has 5 heteroatoms. The van der Waals surface area contributed by atoms with Gasteiger partial charge in [0, 0.05) is 6.42 Å². The number of carbonyl (C=O) groups is 1. The fourth-order valence-electron chi connectivity index (χ4n) is 1.82. The normalized spacial score (nSPS) is 10.4. The van der Waals surface area contributed by atoms with E-state index < -0.39 is 5.82 Å². The van der Waals surface area contributed by atoms with Crippen molar-refractivity contribution >= 4 is 37.6 Å². The largest absolute Gasteiger partial charge is 0.496 e. The van der Waals surface area contributed by atoms with E-state index in [1.54, 1.807) is 37.4 Å². The first-order valence-corrected chi connectivity index (χ1v) is 7.41. The highest BCUT2D eigenvalue weighted by Gasteiger charge is 2.15. The van der Waals surface area contributed by atoms with Crippen molar-refractivity contribution in [2.45, 2.75) is 6.42 Å². The maximum atomic E-state index is 13.9. The lowest BCUT2D eigenvalue weighted by Gasteiger charge is -2.07. The lowest BCUT2D eigenvalue weighted by molar-refractivity contribution is 0.0989. The highest BCUT2D eigenvalue weighted by atomic mass is 79.9. The van der Waals surface area contributed by atoms with Crippen LogP contribution < -0.4 is 4.74 Å². The summed E-state index contributed by atoms with van der Waals surface area (Å²) in [7, 11) is 1.57. The molecule has 20 heavy (non-hydrogen) atoms. The molecule has 0 aliphatic carbocycles. The van der Waals surface area contributed by atoms with Gasteiger partial charge in [-0.05, 0) is 61.7 Å². The quantitative estimate of drug-likeness (QED) is 0.688. The van der Waals surface area contributed by atoms with Crippen molar-refractivity contribution in [1.29, 1.82) is 0 Å². The number of ketones is 1. The van der Waals surface area contributed by atoms with Crippen LogP contribution in [0.3, 0.4) is 0 Å². The van der Waals surface area contributed by atoms with Crippen molar-refractivity contribution in [3.05, 3.63) is 62.3 Å². The fourth-order valence-corrected chi connectivity index (χ4v) is 2.77. The zero-order valence-corrected chi connectivity index (χ0v) is 13.8. The minimum atomic E-state index is -0.523. The summed E-state index contributed by atoms with van der Waals surface area (Å²) in [6.07, 6.45) is 0.135. The van der Waals surface area contributed by atoms with Crippen LogP contribution in [0.15, 0.2) is 45.3 Å². The molecule has 0 atom stereocenters. The van der Waals surface area contributed by atoms with Crippen LogP contribution in [0.25, 0.3) is 0 Å². The van der Waals surface area contributed by atoms with Gasteiger partial charge in [0.05, 0.1) is 21.6 Å². The van der Waals surface area contributed by atoms with Crippen LogP contribution in [-0.2, 0) is 6.42 Å². The first-order valence-electron chi connectivity index (χ1n) is 5.82. The first-order chi connectivity index (χ1) is 9.52. The number of carbonyl (C=O) groups excluding carboxylic acids is 1. The number of hydrogen-bond donors (Lipinski definition) is 0. The van der Waals surface area contributed by atoms with E-state index in [0.717, 1.165) is 10.0 Å². The molecule has 0 bridgehead atoms. The third kappa shape index (κ3) is 3.27. The van der Waals surface area contributed by atoms with Crippen molar-refractivity contribution in [1.82, 2.24) is 0 Å². The van der Waals surface area contributed by atoms with Gasteiger partial charge in [-0.25, -0.2) is 4.39 Å². The average Bonchev–Trinajstić information content (AvgIpc) is 2.42. The molecule has 0 heterocycles. The highest BCUT2D eigenvalue weighted by Crippen LogP contribution is 2.26. The summed E-state index contributed by atoms with van der Waals surface area (Å²) < 4.78 is 20.0. The second kappa shape index (κ2) is 6.50. The Morgan fingerprint density at radius 3 is 2.60 bits per heavy atom. The van der Waals surface area contributed by atoms with Crippen molar-refractivity contribution in [3.8, 4) is 5.75 Å². The molecule has 2 rings (SSSR count). The van der Waals surface area contributed by atoms with E-state index >= 15 is 0 Å². The SMILES string of the molecule is COc1ccc(CC(=O)c2cccc(Br)c2F)cc1Br. The molecule has 2 nitrogen and oxygen atoms in total. The van der Waals surface area contributed by atoms with E-state index in [1.165, 1.54) is 6.07 Å². The van der Waals surface area contributed by atoms with E-state index in [-0.39, 0.29) is 17.8 Å². The van der Waals surface area contributed by atoms with Gasteiger partial charge in [-0.2, -0.15) is 0 Å². The summed E-state index contributed by atoms with van der Waals surface area (Å²) in [5.74, 6) is -0.0965. The first kappa shape index (κ1) is 15.2. The number of benzene rings is 2. The van der Waals surface area contributed by atoms with Crippen molar-refractivity contribution < 1.29 is 13.9 Å². The van der Waals surface area contributed by atoms with Crippen LogP contribution in [-0.4, -0.2) is 12.9 Å². The van der Waals surface area contributed by atoms with Gasteiger partial charge in [-0.15, -0.1) is 0 Å². The van der Waals surface area contributed by atoms with Crippen LogP contribution >= 0.6 is 31.9 Å². The van der Waals surface area contributed by atoms with E-state index in [0.29, 0.717) is 10.2 Å². The number of halogens is 3. The summed E-state index contributed by atoms with van der Waals surface area (Å²) in [6, 6.07) is 10.1. The Kier molecular flexibility index (Phi) is 4.94. The minimum absolute atomic E-state index is 0.0892. The number of ether oxygens (including phenoxy) is 1. The van der Waals surface area contributed by atoms with Gasteiger partial charge in [-0.3, -0.25) is 4.79 Å². The molecule has 0 spiro atoms. The van der Waals surface area contributed by atoms with Crippen LogP contribution in [0.1, 0.15) is 15.9 Å². The molecule has 0 saturated carbocycles. The molecule has 2 aromatic carbocycles. The second-order valence-corrected chi connectivity index (χ2v) is 5.88.